The van der Waals surface area contributed by atoms with Gasteiger partial charge in [0.2, 0.25) is 5.12 Å². The molecule has 0 radical (unpaired) electrons. The third-order valence-corrected chi connectivity index (χ3v) is 3.66. The van der Waals surface area contributed by atoms with Gasteiger partial charge in [0.15, 0.2) is 0 Å². The van der Waals surface area contributed by atoms with Crippen molar-refractivity contribution in [1.29, 1.82) is 0 Å². The Morgan fingerprint density at radius 1 is 1.38 bits per heavy atom. The van der Waals surface area contributed by atoms with Crippen molar-refractivity contribution in [2.24, 2.45) is 0 Å². The Hall–Kier alpha value is -0.830. The molecule has 0 unspecified atom stereocenters. The summed E-state index contributed by atoms with van der Waals surface area (Å²) in [5, 5.41) is 0.0209. The van der Waals surface area contributed by atoms with Crippen LogP contribution in [0.25, 0.3) is 0 Å². The van der Waals surface area contributed by atoms with Crippen LogP contribution in [-0.2, 0) is 10.2 Å². The molecule has 1 nitrogen and oxygen atoms in total. The molecule has 0 fully saturated rings. The van der Waals surface area contributed by atoms with Crippen molar-refractivity contribution in [2.45, 2.75) is 24.2 Å². The van der Waals surface area contributed by atoms with Gasteiger partial charge in [0.1, 0.15) is 5.82 Å². The smallest absolute Gasteiger partial charge is 0.203 e. The second-order valence-electron chi connectivity index (χ2n) is 3.63. The minimum absolute atomic E-state index is 0.0209. The van der Waals surface area contributed by atoms with Gasteiger partial charge in [-0.1, -0.05) is 12.1 Å². The standard InChI is InChI=1S/C10H9FOS/c1-10(2)6-4-3-5-7(11)8(6)13-9(10)12/h3-5H,1-2H3. The molecule has 2 rings (SSSR count). The van der Waals surface area contributed by atoms with Crippen LogP contribution < -0.4 is 0 Å². The van der Waals surface area contributed by atoms with E-state index in [9.17, 15) is 9.18 Å². The van der Waals surface area contributed by atoms with E-state index in [-0.39, 0.29) is 10.9 Å². The largest absolute Gasteiger partial charge is 0.286 e. The van der Waals surface area contributed by atoms with E-state index in [0.29, 0.717) is 4.90 Å². The van der Waals surface area contributed by atoms with Gasteiger partial charge in [0.05, 0.1) is 10.3 Å². The fourth-order valence-corrected chi connectivity index (χ4v) is 2.58. The highest BCUT2D eigenvalue weighted by Crippen LogP contribution is 2.45. The average molecular weight is 196 g/mol. The van der Waals surface area contributed by atoms with E-state index >= 15 is 0 Å². The molecule has 1 heterocycles. The van der Waals surface area contributed by atoms with Crippen LogP contribution in [-0.4, -0.2) is 5.12 Å². The molecular formula is C10H9FOS. The maximum atomic E-state index is 13.2. The summed E-state index contributed by atoms with van der Waals surface area (Å²) in [6, 6.07) is 4.85. The molecule has 0 amide bonds. The van der Waals surface area contributed by atoms with Gasteiger partial charge in [-0.2, -0.15) is 0 Å². The number of hydrogen-bond acceptors (Lipinski definition) is 2. The number of hydrogen-bond donors (Lipinski definition) is 0. The zero-order chi connectivity index (χ0) is 9.64. The van der Waals surface area contributed by atoms with Gasteiger partial charge in [-0.05, 0) is 37.2 Å². The van der Waals surface area contributed by atoms with Crippen molar-refractivity contribution in [3.05, 3.63) is 29.6 Å². The van der Waals surface area contributed by atoms with Gasteiger partial charge < -0.3 is 0 Å². The average Bonchev–Trinajstić information content (AvgIpc) is 2.28. The maximum absolute atomic E-state index is 13.2. The second-order valence-corrected chi connectivity index (χ2v) is 4.61. The summed E-state index contributed by atoms with van der Waals surface area (Å²) in [5.74, 6) is -0.290. The van der Waals surface area contributed by atoms with Crippen LogP contribution in [0.4, 0.5) is 4.39 Å². The minimum atomic E-state index is -0.540. The molecule has 1 aromatic carbocycles. The molecule has 0 saturated carbocycles. The molecule has 0 saturated heterocycles. The molecule has 0 aliphatic carbocycles. The first-order valence-corrected chi connectivity index (χ1v) is 4.86. The molecule has 68 valence electrons. The Balaban J connectivity index is 2.68. The van der Waals surface area contributed by atoms with Gasteiger partial charge in [0, 0.05) is 0 Å². The summed E-state index contributed by atoms with van der Waals surface area (Å²) >= 11 is 1.01. The van der Waals surface area contributed by atoms with Crippen LogP contribution in [0, 0.1) is 5.82 Å². The first-order chi connectivity index (χ1) is 6.03. The van der Waals surface area contributed by atoms with E-state index < -0.39 is 5.41 Å². The normalized spacial score (nSPS) is 18.8. The third-order valence-electron chi connectivity index (χ3n) is 2.35. The van der Waals surface area contributed by atoms with Crippen LogP contribution in [0.2, 0.25) is 0 Å². The van der Waals surface area contributed by atoms with Gasteiger partial charge in [-0.15, -0.1) is 0 Å². The van der Waals surface area contributed by atoms with Crippen molar-refractivity contribution in [1.82, 2.24) is 0 Å². The topological polar surface area (TPSA) is 17.1 Å². The molecule has 0 atom stereocenters. The number of carbonyl (C=O) groups is 1. The quantitative estimate of drug-likeness (QED) is 0.634. The second kappa shape index (κ2) is 2.58. The number of fused-ring (bicyclic) bond motifs is 1. The molecule has 0 N–H and O–H groups in total. The summed E-state index contributed by atoms with van der Waals surface area (Å²) in [6.45, 7) is 3.65. The van der Waals surface area contributed by atoms with Crippen LogP contribution in [0.15, 0.2) is 23.1 Å². The molecule has 1 aliphatic rings. The van der Waals surface area contributed by atoms with E-state index in [1.54, 1.807) is 6.07 Å². The molecule has 1 aliphatic heterocycles. The van der Waals surface area contributed by atoms with Crippen molar-refractivity contribution in [2.75, 3.05) is 0 Å². The number of thioether (sulfide) groups is 1. The zero-order valence-electron chi connectivity index (χ0n) is 7.43. The van der Waals surface area contributed by atoms with Crippen LogP contribution in [0.5, 0.6) is 0 Å². The molecule has 13 heavy (non-hydrogen) atoms. The summed E-state index contributed by atoms with van der Waals surface area (Å²) in [7, 11) is 0. The molecule has 0 aromatic heterocycles. The van der Waals surface area contributed by atoms with Crippen LogP contribution >= 0.6 is 11.8 Å². The highest BCUT2D eigenvalue weighted by molar-refractivity contribution is 8.14. The predicted octanol–water partition coefficient (Wildman–Crippen LogP) is 2.74. The SMILES string of the molecule is CC1(C)C(=O)Sc2c(F)cccc21. The van der Waals surface area contributed by atoms with E-state index in [1.165, 1.54) is 6.07 Å². The lowest BCUT2D eigenvalue weighted by Crippen LogP contribution is -2.21. The van der Waals surface area contributed by atoms with Crippen molar-refractivity contribution >= 4 is 16.9 Å². The van der Waals surface area contributed by atoms with Crippen LogP contribution in [0.3, 0.4) is 0 Å². The zero-order valence-corrected chi connectivity index (χ0v) is 8.24. The van der Waals surface area contributed by atoms with E-state index in [2.05, 4.69) is 0 Å². The highest BCUT2D eigenvalue weighted by Gasteiger charge is 2.40. The van der Waals surface area contributed by atoms with Gasteiger partial charge in [-0.3, -0.25) is 4.79 Å². The van der Waals surface area contributed by atoms with E-state index in [4.69, 9.17) is 0 Å². The molecule has 0 bridgehead atoms. The number of rotatable bonds is 0. The van der Waals surface area contributed by atoms with Crippen LogP contribution in [0.1, 0.15) is 19.4 Å². The van der Waals surface area contributed by atoms with Gasteiger partial charge in [0.25, 0.3) is 0 Å². The highest BCUT2D eigenvalue weighted by atomic mass is 32.2. The first kappa shape index (κ1) is 8.75. The van der Waals surface area contributed by atoms with Crippen molar-refractivity contribution < 1.29 is 9.18 Å². The number of carbonyl (C=O) groups excluding carboxylic acids is 1. The molecule has 1 aromatic rings. The number of halogens is 1. The summed E-state index contributed by atoms with van der Waals surface area (Å²) in [4.78, 5) is 12.0. The number of benzene rings is 1. The Morgan fingerprint density at radius 3 is 2.69 bits per heavy atom. The molecule has 3 heteroatoms. The Morgan fingerprint density at radius 2 is 2.08 bits per heavy atom. The predicted molar refractivity (Wildman–Crippen MR) is 50.3 cm³/mol. The third kappa shape index (κ3) is 1.10. The summed E-state index contributed by atoms with van der Waals surface area (Å²) < 4.78 is 13.2. The van der Waals surface area contributed by atoms with Gasteiger partial charge in [-0.25, -0.2) is 4.39 Å². The molecule has 0 spiro atoms. The summed E-state index contributed by atoms with van der Waals surface area (Å²) in [5.41, 5.74) is 0.268. The fraction of sp³-hybridized carbons (Fsp3) is 0.300. The molecular weight excluding hydrogens is 187 g/mol. The Bertz CT molecular complexity index is 385. The monoisotopic (exact) mass is 196 g/mol. The van der Waals surface area contributed by atoms with Crippen molar-refractivity contribution in [3.8, 4) is 0 Å². The fourth-order valence-electron chi connectivity index (χ4n) is 1.43. The summed E-state index contributed by atoms with van der Waals surface area (Å²) in [6.07, 6.45) is 0. The minimum Gasteiger partial charge on any atom is -0.286 e. The lowest BCUT2D eigenvalue weighted by atomic mass is 9.86. The van der Waals surface area contributed by atoms with Crippen molar-refractivity contribution in [3.63, 3.8) is 0 Å². The van der Waals surface area contributed by atoms with E-state index in [0.717, 1.165) is 17.3 Å². The van der Waals surface area contributed by atoms with E-state index in [1.807, 2.05) is 19.9 Å². The lowest BCUT2D eigenvalue weighted by Gasteiger charge is -2.15. The van der Waals surface area contributed by atoms with Gasteiger partial charge >= 0.3 is 0 Å². The maximum Gasteiger partial charge on any atom is 0.203 e. The Kier molecular flexibility index (Phi) is 1.74. The lowest BCUT2D eigenvalue weighted by molar-refractivity contribution is -0.114. The Labute approximate surface area is 80.3 Å². The first-order valence-electron chi connectivity index (χ1n) is 4.05.